The van der Waals surface area contributed by atoms with Crippen LogP contribution in [0, 0.1) is 0 Å². The third kappa shape index (κ3) is 2.83. The van der Waals surface area contributed by atoms with Crippen LogP contribution in [0.4, 0.5) is 17.1 Å². The van der Waals surface area contributed by atoms with E-state index in [0.29, 0.717) is 10.0 Å². The highest BCUT2D eigenvalue weighted by Crippen LogP contribution is 2.44. The summed E-state index contributed by atoms with van der Waals surface area (Å²) in [6.45, 7) is 0. The van der Waals surface area contributed by atoms with E-state index in [-0.39, 0.29) is 5.91 Å². The van der Waals surface area contributed by atoms with Crippen LogP contribution in [0.15, 0.2) is 72.8 Å². The van der Waals surface area contributed by atoms with Gasteiger partial charge in [0.25, 0.3) is 5.91 Å². The Morgan fingerprint density at radius 3 is 2.00 bits per heavy atom. The Kier molecular flexibility index (Phi) is 4.35. The molecule has 4 rings (SSSR count). The minimum absolute atomic E-state index is 0.00570. The number of para-hydroxylation sites is 1. The fourth-order valence-electron chi connectivity index (χ4n) is 3.41. The van der Waals surface area contributed by atoms with E-state index in [1.807, 2.05) is 77.7 Å². The van der Waals surface area contributed by atoms with E-state index in [9.17, 15) is 4.79 Å². The van der Waals surface area contributed by atoms with Crippen LogP contribution in [0.5, 0.6) is 0 Å². The van der Waals surface area contributed by atoms with Crippen LogP contribution in [0.1, 0.15) is 11.6 Å². The Bertz CT molecular complexity index is 944. The number of fused-ring (bicyclic) bond motifs is 1. The summed E-state index contributed by atoms with van der Waals surface area (Å²) in [4.78, 5) is 16.8. The average molecular weight is 383 g/mol. The molecule has 1 unspecified atom stereocenters. The van der Waals surface area contributed by atoms with Gasteiger partial charge >= 0.3 is 0 Å². The summed E-state index contributed by atoms with van der Waals surface area (Å²) in [5.74, 6) is 0.00570. The Labute approximate surface area is 162 Å². The fourth-order valence-corrected chi connectivity index (χ4v) is 3.78. The standard InChI is InChI=1S/C21H16Cl2N2O/c1-24-19-11-3-2-10-18(19)20(21(24)26)25(16-8-4-6-14(22)12-16)17-9-5-7-15(23)13-17/h2-13,20H,1H3. The van der Waals surface area contributed by atoms with E-state index in [4.69, 9.17) is 23.2 Å². The van der Waals surface area contributed by atoms with Crippen LogP contribution in [0.2, 0.25) is 10.0 Å². The fraction of sp³-hybridized carbons (Fsp3) is 0.0952. The lowest BCUT2D eigenvalue weighted by atomic mass is 10.0. The van der Waals surface area contributed by atoms with Gasteiger partial charge < -0.3 is 9.80 Å². The van der Waals surface area contributed by atoms with Crippen molar-refractivity contribution in [2.75, 3.05) is 16.8 Å². The van der Waals surface area contributed by atoms with Crippen molar-refractivity contribution in [3.63, 3.8) is 0 Å². The first-order valence-electron chi connectivity index (χ1n) is 8.23. The molecule has 3 aromatic carbocycles. The van der Waals surface area contributed by atoms with E-state index in [1.54, 1.807) is 11.9 Å². The summed E-state index contributed by atoms with van der Waals surface area (Å²) in [5, 5.41) is 1.23. The van der Waals surface area contributed by atoms with Gasteiger partial charge in [0.2, 0.25) is 0 Å². The Balaban J connectivity index is 1.93. The first-order valence-corrected chi connectivity index (χ1v) is 8.99. The number of amides is 1. The molecule has 1 aliphatic heterocycles. The molecule has 1 amide bonds. The van der Waals surface area contributed by atoms with Crippen molar-refractivity contribution in [1.29, 1.82) is 0 Å². The van der Waals surface area contributed by atoms with Crippen molar-refractivity contribution in [3.05, 3.63) is 88.4 Å². The van der Waals surface area contributed by atoms with Gasteiger partial charge in [0.1, 0.15) is 6.04 Å². The highest BCUT2D eigenvalue weighted by Gasteiger charge is 2.40. The van der Waals surface area contributed by atoms with Crippen molar-refractivity contribution in [2.24, 2.45) is 0 Å². The molecule has 0 saturated heterocycles. The molecule has 0 saturated carbocycles. The molecule has 26 heavy (non-hydrogen) atoms. The third-order valence-corrected chi connectivity index (χ3v) is 5.06. The number of hydrogen-bond acceptors (Lipinski definition) is 2. The second-order valence-corrected chi connectivity index (χ2v) is 7.06. The van der Waals surface area contributed by atoms with Crippen molar-refractivity contribution in [3.8, 4) is 0 Å². The van der Waals surface area contributed by atoms with Crippen molar-refractivity contribution in [1.82, 2.24) is 0 Å². The van der Waals surface area contributed by atoms with Gasteiger partial charge in [-0.05, 0) is 42.5 Å². The smallest absolute Gasteiger partial charge is 0.254 e. The van der Waals surface area contributed by atoms with E-state index >= 15 is 0 Å². The van der Waals surface area contributed by atoms with Crippen LogP contribution < -0.4 is 9.80 Å². The van der Waals surface area contributed by atoms with Gasteiger partial charge in [-0.1, -0.05) is 53.5 Å². The van der Waals surface area contributed by atoms with Gasteiger partial charge in [-0.15, -0.1) is 0 Å². The molecule has 0 fully saturated rings. The topological polar surface area (TPSA) is 23.6 Å². The van der Waals surface area contributed by atoms with E-state index in [1.165, 1.54) is 0 Å². The summed E-state index contributed by atoms with van der Waals surface area (Å²) in [7, 11) is 1.80. The lowest BCUT2D eigenvalue weighted by Gasteiger charge is -2.31. The second kappa shape index (κ2) is 6.67. The summed E-state index contributed by atoms with van der Waals surface area (Å²) >= 11 is 12.5. The molecule has 0 N–H and O–H groups in total. The number of rotatable bonds is 3. The molecule has 130 valence electrons. The van der Waals surface area contributed by atoms with Gasteiger partial charge in [0.05, 0.1) is 0 Å². The maximum atomic E-state index is 13.1. The molecule has 0 bridgehead atoms. The zero-order chi connectivity index (χ0) is 18.3. The lowest BCUT2D eigenvalue weighted by Crippen LogP contribution is -2.33. The number of anilines is 3. The SMILES string of the molecule is CN1C(=O)C(N(c2cccc(Cl)c2)c2cccc(Cl)c2)c2ccccc21. The first-order chi connectivity index (χ1) is 12.6. The van der Waals surface area contributed by atoms with Crippen molar-refractivity contribution >= 4 is 46.2 Å². The van der Waals surface area contributed by atoms with Crippen LogP contribution in [0.3, 0.4) is 0 Å². The highest BCUT2D eigenvalue weighted by atomic mass is 35.5. The molecule has 1 heterocycles. The van der Waals surface area contributed by atoms with Crippen molar-refractivity contribution in [2.45, 2.75) is 6.04 Å². The number of carbonyl (C=O) groups excluding carboxylic acids is 1. The summed E-state index contributed by atoms with van der Waals surface area (Å²) in [6.07, 6.45) is 0. The summed E-state index contributed by atoms with van der Waals surface area (Å²) in [6, 6.07) is 22.4. The van der Waals surface area contributed by atoms with E-state index < -0.39 is 6.04 Å². The molecule has 0 spiro atoms. The summed E-state index contributed by atoms with van der Waals surface area (Å²) < 4.78 is 0. The zero-order valence-corrected chi connectivity index (χ0v) is 15.6. The van der Waals surface area contributed by atoms with Gasteiger partial charge in [0, 0.05) is 39.7 Å². The zero-order valence-electron chi connectivity index (χ0n) is 14.1. The van der Waals surface area contributed by atoms with Gasteiger partial charge in [-0.2, -0.15) is 0 Å². The van der Waals surface area contributed by atoms with Gasteiger partial charge in [-0.3, -0.25) is 4.79 Å². The molecule has 5 heteroatoms. The number of carbonyl (C=O) groups is 1. The Hall–Kier alpha value is -2.49. The van der Waals surface area contributed by atoms with Crippen LogP contribution >= 0.6 is 23.2 Å². The van der Waals surface area contributed by atoms with Gasteiger partial charge in [0.15, 0.2) is 0 Å². The second-order valence-electron chi connectivity index (χ2n) is 6.19. The number of hydrogen-bond donors (Lipinski definition) is 0. The lowest BCUT2D eigenvalue weighted by molar-refractivity contribution is -0.118. The molecule has 0 aliphatic carbocycles. The minimum atomic E-state index is -0.479. The summed E-state index contributed by atoms with van der Waals surface area (Å²) in [5.41, 5.74) is 3.54. The minimum Gasteiger partial charge on any atom is -0.325 e. The van der Waals surface area contributed by atoms with Crippen LogP contribution in [-0.4, -0.2) is 13.0 Å². The van der Waals surface area contributed by atoms with Crippen LogP contribution in [-0.2, 0) is 4.79 Å². The van der Waals surface area contributed by atoms with E-state index in [2.05, 4.69) is 0 Å². The monoisotopic (exact) mass is 382 g/mol. The van der Waals surface area contributed by atoms with Crippen LogP contribution in [0.25, 0.3) is 0 Å². The molecule has 1 aliphatic rings. The quantitative estimate of drug-likeness (QED) is 0.567. The maximum Gasteiger partial charge on any atom is 0.254 e. The van der Waals surface area contributed by atoms with E-state index in [0.717, 1.165) is 22.6 Å². The van der Waals surface area contributed by atoms with Gasteiger partial charge in [-0.25, -0.2) is 0 Å². The Morgan fingerprint density at radius 2 is 1.42 bits per heavy atom. The predicted molar refractivity (Wildman–Crippen MR) is 108 cm³/mol. The Morgan fingerprint density at radius 1 is 0.846 bits per heavy atom. The molecular formula is C21H16Cl2N2O. The largest absolute Gasteiger partial charge is 0.325 e. The maximum absolute atomic E-state index is 13.1. The molecule has 3 nitrogen and oxygen atoms in total. The first kappa shape index (κ1) is 17.0. The number of benzene rings is 3. The molecule has 0 aromatic heterocycles. The number of halogens is 2. The highest BCUT2D eigenvalue weighted by molar-refractivity contribution is 6.31. The number of likely N-dealkylation sites (N-methyl/N-ethyl adjacent to an activating group) is 1. The average Bonchev–Trinajstić information content (AvgIpc) is 2.88. The molecule has 0 radical (unpaired) electrons. The normalized spacial score (nSPS) is 15.9. The number of nitrogens with zero attached hydrogens (tertiary/aromatic N) is 2. The van der Waals surface area contributed by atoms with Crippen molar-refractivity contribution < 1.29 is 4.79 Å². The predicted octanol–water partition coefficient (Wildman–Crippen LogP) is 5.85. The molecular weight excluding hydrogens is 367 g/mol. The third-order valence-electron chi connectivity index (χ3n) is 4.59. The molecule has 3 aromatic rings. The molecule has 1 atom stereocenters.